The van der Waals surface area contributed by atoms with Gasteiger partial charge in [0.25, 0.3) is 0 Å². The van der Waals surface area contributed by atoms with Crippen LogP contribution in [0.3, 0.4) is 0 Å². The van der Waals surface area contributed by atoms with Crippen molar-refractivity contribution in [1.82, 2.24) is 4.90 Å². The summed E-state index contributed by atoms with van der Waals surface area (Å²) in [5.41, 5.74) is 0.521. The van der Waals surface area contributed by atoms with Crippen molar-refractivity contribution in [2.45, 2.75) is 83.6 Å². The van der Waals surface area contributed by atoms with E-state index in [9.17, 15) is 0 Å². The van der Waals surface area contributed by atoms with E-state index in [-0.39, 0.29) is 0 Å². The molecular formula is C17H33NS. The van der Waals surface area contributed by atoms with Crippen molar-refractivity contribution >= 4 is 12.6 Å². The Labute approximate surface area is 125 Å². The van der Waals surface area contributed by atoms with Crippen molar-refractivity contribution in [2.24, 2.45) is 5.41 Å². The van der Waals surface area contributed by atoms with E-state index in [0.29, 0.717) is 5.41 Å². The second-order valence-corrected chi connectivity index (χ2v) is 7.24. The predicted molar refractivity (Wildman–Crippen MR) is 88.1 cm³/mol. The Kier molecular flexibility index (Phi) is 6.55. The second kappa shape index (κ2) is 7.93. The number of nitrogens with zero attached hydrogens (tertiary/aromatic N) is 1. The zero-order valence-electron chi connectivity index (χ0n) is 12.9. The van der Waals surface area contributed by atoms with Gasteiger partial charge in [0.2, 0.25) is 0 Å². The Morgan fingerprint density at radius 3 is 2.05 bits per heavy atom. The normalized spacial score (nSPS) is 25.4. The van der Waals surface area contributed by atoms with E-state index >= 15 is 0 Å². The fraction of sp³-hybridized carbons (Fsp3) is 1.00. The number of rotatable bonds is 5. The molecule has 0 atom stereocenters. The van der Waals surface area contributed by atoms with Crippen molar-refractivity contribution in [3.8, 4) is 0 Å². The van der Waals surface area contributed by atoms with Gasteiger partial charge in [-0.3, -0.25) is 0 Å². The van der Waals surface area contributed by atoms with E-state index in [2.05, 4.69) is 11.8 Å². The molecule has 112 valence electrons. The molecule has 0 aliphatic heterocycles. The summed E-state index contributed by atoms with van der Waals surface area (Å²) in [7, 11) is 0. The molecule has 2 heteroatoms. The van der Waals surface area contributed by atoms with Crippen molar-refractivity contribution in [1.29, 1.82) is 0 Å². The molecule has 2 aliphatic rings. The molecule has 0 aromatic carbocycles. The summed E-state index contributed by atoms with van der Waals surface area (Å²) in [6, 6.07) is 0.874. The minimum atomic E-state index is 0.521. The lowest BCUT2D eigenvalue weighted by molar-refractivity contribution is 0.0943. The summed E-state index contributed by atoms with van der Waals surface area (Å²) in [4.78, 5) is 2.81. The Morgan fingerprint density at radius 2 is 1.53 bits per heavy atom. The Hall–Kier alpha value is 0.310. The van der Waals surface area contributed by atoms with E-state index in [4.69, 9.17) is 12.6 Å². The lowest BCUT2D eigenvalue weighted by Gasteiger charge is -2.41. The van der Waals surface area contributed by atoms with Gasteiger partial charge in [0.1, 0.15) is 0 Å². The average molecular weight is 284 g/mol. The summed E-state index contributed by atoms with van der Waals surface area (Å²) >= 11 is 4.75. The molecule has 2 fully saturated rings. The molecule has 2 aliphatic carbocycles. The summed E-state index contributed by atoms with van der Waals surface area (Å²) in [6.45, 7) is 4.91. The van der Waals surface area contributed by atoms with Crippen LogP contribution in [-0.4, -0.2) is 29.8 Å². The van der Waals surface area contributed by atoms with Gasteiger partial charge in [-0.05, 0) is 43.4 Å². The minimum absolute atomic E-state index is 0.521. The largest absolute Gasteiger partial charge is 0.300 e. The topological polar surface area (TPSA) is 3.24 Å². The highest BCUT2D eigenvalue weighted by Gasteiger charge is 2.33. The molecule has 0 aromatic heterocycles. The molecule has 0 saturated heterocycles. The predicted octanol–water partition coefficient (Wildman–Crippen LogP) is 4.91. The quantitative estimate of drug-likeness (QED) is 0.554. The molecule has 0 bridgehead atoms. The van der Waals surface area contributed by atoms with Gasteiger partial charge in [-0.2, -0.15) is 12.6 Å². The van der Waals surface area contributed by atoms with Gasteiger partial charge in [-0.25, -0.2) is 0 Å². The SMILES string of the molecule is CCN(CC1(CS)CCCCCC1)C1CCCCC1. The monoisotopic (exact) mass is 283 g/mol. The minimum Gasteiger partial charge on any atom is -0.300 e. The van der Waals surface area contributed by atoms with Crippen LogP contribution < -0.4 is 0 Å². The van der Waals surface area contributed by atoms with Crippen molar-refractivity contribution in [3.05, 3.63) is 0 Å². The van der Waals surface area contributed by atoms with Gasteiger partial charge in [-0.1, -0.05) is 51.9 Å². The van der Waals surface area contributed by atoms with Crippen LogP contribution in [0.4, 0.5) is 0 Å². The molecule has 19 heavy (non-hydrogen) atoms. The second-order valence-electron chi connectivity index (χ2n) is 6.93. The van der Waals surface area contributed by atoms with Gasteiger partial charge >= 0.3 is 0 Å². The first-order chi connectivity index (χ1) is 9.29. The van der Waals surface area contributed by atoms with Gasteiger partial charge in [0.15, 0.2) is 0 Å². The van der Waals surface area contributed by atoms with E-state index < -0.39 is 0 Å². The van der Waals surface area contributed by atoms with Gasteiger partial charge in [-0.15, -0.1) is 0 Å². The van der Waals surface area contributed by atoms with Crippen LogP contribution in [0.15, 0.2) is 0 Å². The van der Waals surface area contributed by atoms with Crippen LogP contribution in [0.1, 0.15) is 77.6 Å². The molecule has 0 radical (unpaired) electrons. The van der Waals surface area contributed by atoms with Crippen LogP contribution in [0.2, 0.25) is 0 Å². The smallest absolute Gasteiger partial charge is 0.00953 e. The fourth-order valence-corrected chi connectivity index (χ4v) is 4.64. The molecular weight excluding hydrogens is 250 g/mol. The molecule has 0 amide bonds. The van der Waals surface area contributed by atoms with Gasteiger partial charge in [0, 0.05) is 12.6 Å². The molecule has 0 spiro atoms. The molecule has 2 rings (SSSR count). The van der Waals surface area contributed by atoms with E-state index in [1.54, 1.807) is 0 Å². The van der Waals surface area contributed by atoms with Crippen molar-refractivity contribution < 1.29 is 0 Å². The summed E-state index contributed by atoms with van der Waals surface area (Å²) in [5, 5.41) is 0. The molecule has 0 heterocycles. The maximum atomic E-state index is 4.75. The summed E-state index contributed by atoms with van der Waals surface area (Å²) in [5.74, 6) is 1.09. The maximum Gasteiger partial charge on any atom is 0.00953 e. The van der Waals surface area contributed by atoms with Crippen molar-refractivity contribution in [2.75, 3.05) is 18.8 Å². The third-order valence-corrected chi connectivity index (χ3v) is 6.21. The van der Waals surface area contributed by atoms with Gasteiger partial charge in [0.05, 0.1) is 0 Å². The Balaban J connectivity index is 1.97. The van der Waals surface area contributed by atoms with E-state index in [1.165, 1.54) is 83.7 Å². The zero-order valence-corrected chi connectivity index (χ0v) is 13.8. The lowest BCUT2D eigenvalue weighted by Crippen LogP contribution is -2.45. The third-order valence-electron chi connectivity index (χ3n) is 5.54. The standard InChI is InChI=1S/C17H33NS/c1-2-18(16-10-6-5-7-11-16)14-17(15-19)12-8-3-4-9-13-17/h16,19H,2-15H2,1H3. The number of hydrogen-bond donors (Lipinski definition) is 1. The van der Waals surface area contributed by atoms with Crippen LogP contribution in [0.5, 0.6) is 0 Å². The molecule has 0 N–H and O–H groups in total. The number of hydrogen-bond acceptors (Lipinski definition) is 2. The first-order valence-corrected chi connectivity index (χ1v) is 9.28. The van der Waals surface area contributed by atoms with E-state index in [1.807, 2.05) is 0 Å². The van der Waals surface area contributed by atoms with Crippen LogP contribution in [0, 0.1) is 5.41 Å². The lowest BCUT2D eigenvalue weighted by atomic mass is 9.80. The van der Waals surface area contributed by atoms with Gasteiger partial charge < -0.3 is 4.90 Å². The molecule has 0 aromatic rings. The highest BCUT2D eigenvalue weighted by Crippen LogP contribution is 2.38. The molecule has 0 unspecified atom stereocenters. The first kappa shape index (κ1) is 15.7. The highest BCUT2D eigenvalue weighted by molar-refractivity contribution is 7.80. The van der Waals surface area contributed by atoms with Crippen LogP contribution in [0.25, 0.3) is 0 Å². The Bertz CT molecular complexity index is 240. The summed E-state index contributed by atoms with van der Waals surface area (Å²) in [6.07, 6.45) is 15.9. The first-order valence-electron chi connectivity index (χ1n) is 8.64. The third kappa shape index (κ3) is 4.39. The van der Waals surface area contributed by atoms with Crippen LogP contribution >= 0.6 is 12.6 Å². The Morgan fingerprint density at radius 1 is 0.947 bits per heavy atom. The average Bonchev–Trinajstić information content (AvgIpc) is 2.72. The zero-order chi connectivity index (χ0) is 13.6. The maximum absolute atomic E-state index is 4.75. The molecule has 1 nitrogen and oxygen atoms in total. The van der Waals surface area contributed by atoms with Crippen LogP contribution in [-0.2, 0) is 0 Å². The highest BCUT2D eigenvalue weighted by atomic mass is 32.1. The fourth-order valence-electron chi connectivity index (χ4n) is 4.22. The number of thiol groups is 1. The molecule has 2 saturated carbocycles. The summed E-state index contributed by atoms with van der Waals surface area (Å²) < 4.78 is 0. The van der Waals surface area contributed by atoms with E-state index in [0.717, 1.165) is 11.8 Å². The van der Waals surface area contributed by atoms with Crippen molar-refractivity contribution in [3.63, 3.8) is 0 Å².